The summed E-state index contributed by atoms with van der Waals surface area (Å²) in [5.74, 6) is -0.239. The minimum atomic E-state index is -0.306. The van der Waals surface area contributed by atoms with Gasteiger partial charge in [-0.15, -0.1) is 0 Å². The highest BCUT2D eigenvalue weighted by Crippen LogP contribution is 2.29. The van der Waals surface area contributed by atoms with Crippen molar-refractivity contribution in [2.75, 3.05) is 13.1 Å². The molecule has 0 bridgehead atoms. The van der Waals surface area contributed by atoms with Crippen molar-refractivity contribution in [1.29, 1.82) is 0 Å². The second-order valence-electron chi connectivity index (χ2n) is 4.98. The molecule has 19 heavy (non-hydrogen) atoms. The monoisotopic (exact) mass is 328 g/mol. The van der Waals surface area contributed by atoms with Gasteiger partial charge in [-0.2, -0.15) is 0 Å². The second kappa shape index (κ2) is 6.01. The fourth-order valence-electron chi connectivity index (χ4n) is 2.44. The number of hydrogen-bond donors (Lipinski definition) is 2. The van der Waals surface area contributed by atoms with Crippen LogP contribution in [0, 0.1) is 11.2 Å². The Bertz CT molecular complexity index is 473. The van der Waals surface area contributed by atoms with Gasteiger partial charge in [-0.25, -0.2) is 4.39 Å². The van der Waals surface area contributed by atoms with Gasteiger partial charge >= 0.3 is 0 Å². The van der Waals surface area contributed by atoms with Gasteiger partial charge in [0.1, 0.15) is 5.82 Å². The minimum Gasteiger partial charge on any atom is -0.351 e. The number of halogens is 2. The average Bonchev–Trinajstić information content (AvgIpc) is 2.89. The van der Waals surface area contributed by atoms with Crippen molar-refractivity contribution in [3.8, 4) is 0 Å². The fourth-order valence-corrected chi connectivity index (χ4v) is 2.83. The lowest BCUT2D eigenvalue weighted by Crippen LogP contribution is -2.41. The summed E-state index contributed by atoms with van der Waals surface area (Å²) in [7, 11) is 0. The first kappa shape index (κ1) is 14.5. The number of hydrogen-bond acceptors (Lipinski definition) is 2. The molecule has 1 unspecified atom stereocenters. The van der Waals surface area contributed by atoms with Crippen LogP contribution in [-0.4, -0.2) is 19.0 Å². The molecule has 1 fully saturated rings. The minimum absolute atomic E-state index is 0.0520. The summed E-state index contributed by atoms with van der Waals surface area (Å²) in [5, 5.41) is 6.16. The first-order valence-electron chi connectivity index (χ1n) is 6.50. The first-order chi connectivity index (χ1) is 9.07. The Labute approximate surface area is 121 Å². The van der Waals surface area contributed by atoms with Gasteiger partial charge < -0.3 is 10.6 Å². The third-order valence-corrected chi connectivity index (χ3v) is 4.62. The van der Waals surface area contributed by atoms with Crippen LogP contribution in [0.5, 0.6) is 0 Å². The summed E-state index contributed by atoms with van der Waals surface area (Å²) in [6.07, 6.45) is 1.68. The van der Waals surface area contributed by atoms with Gasteiger partial charge in [-0.05, 0) is 43.1 Å². The Morgan fingerprint density at radius 3 is 3.00 bits per heavy atom. The quantitative estimate of drug-likeness (QED) is 0.892. The van der Waals surface area contributed by atoms with Crippen LogP contribution in [0.1, 0.15) is 25.3 Å². The molecule has 0 aliphatic carbocycles. The van der Waals surface area contributed by atoms with Gasteiger partial charge in [0.15, 0.2) is 0 Å². The van der Waals surface area contributed by atoms with Gasteiger partial charge in [-0.1, -0.05) is 22.9 Å². The summed E-state index contributed by atoms with van der Waals surface area (Å²) in [6.45, 7) is 3.98. The molecule has 2 rings (SSSR count). The molecule has 0 spiro atoms. The molecular weight excluding hydrogens is 311 g/mol. The van der Waals surface area contributed by atoms with Crippen molar-refractivity contribution < 1.29 is 9.18 Å². The largest absolute Gasteiger partial charge is 0.351 e. The summed E-state index contributed by atoms with van der Waals surface area (Å²) in [6, 6.07) is 4.49. The van der Waals surface area contributed by atoms with E-state index in [-0.39, 0.29) is 17.1 Å². The van der Waals surface area contributed by atoms with E-state index < -0.39 is 0 Å². The molecule has 0 radical (unpaired) electrons. The maximum Gasteiger partial charge on any atom is 0.227 e. The van der Waals surface area contributed by atoms with E-state index in [0.29, 0.717) is 6.54 Å². The topological polar surface area (TPSA) is 41.1 Å². The summed E-state index contributed by atoms with van der Waals surface area (Å²) < 4.78 is 14.0. The predicted octanol–water partition coefficient (Wildman–Crippen LogP) is 2.59. The van der Waals surface area contributed by atoms with Crippen LogP contribution in [0.4, 0.5) is 4.39 Å². The van der Waals surface area contributed by atoms with E-state index >= 15 is 0 Å². The van der Waals surface area contributed by atoms with Crippen LogP contribution in [0.25, 0.3) is 0 Å². The number of benzene rings is 1. The van der Waals surface area contributed by atoms with Gasteiger partial charge in [-0.3, -0.25) is 4.79 Å². The van der Waals surface area contributed by atoms with Gasteiger partial charge in [0.2, 0.25) is 5.91 Å². The maximum absolute atomic E-state index is 13.2. The van der Waals surface area contributed by atoms with Crippen molar-refractivity contribution in [1.82, 2.24) is 10.6 Å². The van der Waals surface area contributed by atoms with Gasteiger partial charge in [0, 0.05) is 17.6 Å². The summed E-state index contributed by atoms with van der Waals surface area (Å²) in [4.78, 5) is 12.3. The Balaban J connectivity index is 2.02. The Hall–Kier alpha value is -0.940. The Morgan fingerprint density at radius 1 is 1.58 bits per heavy atom. The molecule has 1 amide bonds. The molecule has 5 heteroatoms. The van der Waals surface area contributed by atoms with Crippen LogP contribution >= 0.6 is 15.9 Å². The smallest absolute Gasteiger partial charge is 0.227 e. The van der Waals surface area contributed by atoms with Gasteiger partial charge in [0.25, 0.3) is 0 Å². The van der Waals surface area contributed by atoms with Crippen molar-refractivity contribution in [3.63, 3.8) is 0 Å². The molecular formula is C14H18BrFN2O. The zero-order valence-electron chi connectivity index (χ0n) is 10.9. The molecule has 1 atom stereocenters. The highest BCUT2D eigenvalue weighted by molar-refractivity contribution is 9.10. The molecule has 104 valence electrons. The van der Waals surface area contributed by atoms with E-state index in [1.54, 1.807) is 6.07 Å². The SMILES string of the molecule is CCC1(C(=O)NCc2cc(F)ccc2Br)CCNC1. The Kier molecular flexibility index (Phi) is 4.58. The highest BCUT2D eigenvalue weighted by Gasteiger charge is 2.39. The van der Waals surface area contributed by atoms with E-state index in [1.807, 2.05) is 6.92 Å². The fraction of sp³-hybridized carbons (Fsp3) is 0.500. The molecule has 1 aromatic carbocycles. The zero-order valence-corrected chi connectivity index (χ0v) is 12.5. The molecule has 0 saturated carbocycles. The van der Waals surface area contributed by atoms with Gasteiger partial charge in [0.05, 0.1) is 5.41 Å². The van der Waals surface area contributed by atoms with Crippen LogP contribution in [0.3, 0.4) is 0 Å². The van der Waals surface area contributed by atoms with Crippen molar-refractivity contribution in [3.05, 3.63) is 34.1 Å². The highest BCUT2D eigenvalue weighted by atomic mass is 79.9. The number of carbonyl (C=O) groups excluding carboxylic acids is 1. The third kappa shape index (κ3) is 3.15. The maximum atomic E-state index is 13.2. The van der Waals surface area contributed by atoms with Crippen molar-refractivity contribution in [2.24, 2.45) is 5.41 Å². The molecule has 1 aliphatic heterocycles. The summed E-state index contributed by atoms with van der Waals surface area (Å²) >= 11 is 3.36. The van der Waals surface area contributed by atoms with Crippen LogP contribution in [-0.2, 0) is 11.3 Å². The molecule has 1 heterocycles. The number of amides is 1. The average molecular weight is 329 g/mol. The molecule has 3 nitrogen and oxygen atoms in total. The van der Waals surface area contributed by atoms with Crippen LogP contribution in [0.15, 0.2) is 22.7 Å². The van der Waals surface area contributed by atoms with E-state index in [2.05, 4.69) is 26.6 Å². The molecule has 2 N–H and O–H groups in total. The van der Waals surface area contributed by atoms with Crippen molar-refractivity contribution >= 4 is 21.8 Å². The zero-order chi connectivity index (χ0) is 13.9. The lowest BCUT2D eigenvalue weighted by molar-refractivity contribution is -0.130. The van der Waals surface area contributed by atoms with E-state index in [1.165, 1.54) is 12.1 Å². The molecule has 1 saturated heterocycles. The van der Waals surface area contributed by atoms with E-state index in [0.717, 1.165) is 36.0 Å². The number of carbonyl (C=O) groups is 1. The third-order valence-electron chi connectivity index (χ3n) is 3.85. The molecule has 1 aliphatic rings. The lowest BCUT2D eigenvalue weighted by atomic mass is 9.83. The lowest BCUT2D eigenvalue weighted by Gasteiger charge is -2.25. The number of nitrogens with one attached hydrogen (secondary N) is 2. The second-order valence-corrected chi connectivity index (χ2v) is 5.83. The summed E-state index contributed by atoms with van der Waals surface area (Å²) in [5.41, 5.74) is 0.449. The van der Waals surface area contributed by atoms with E-state index in [9.17, 15) is 9.18 Å². The molecule has 1 aromatic rings. The predicted molar refractivity (Wildman–Crippen MR) is 76.2 cm³/mol. The van der Waals surface area contributed by atoms with E-state index in [4.69, 9.17) is 0 Å². The Morgan fingerprint density at radius 2 is 2.37 bits per heavy atom. The first-order valence-corrected chi connectivity index (χ1v) is 7.30. The van der Waals surface area contributed by atoms with Crippen molar-refractivity contribution in [2.45, 2.75) is 26.3 Å². The van der Waals surface area contributed by atoms with Crippen LogP contribution in [0.2, 0.25) is 0 Å². The van der Waals surface area contributed by atoms with Crippen LogP contribution < -0.4 is 10.6 Å². The normalized spacial score (nSPS) is 22.5. The standard InChI is InChI=1S/C14H18BrFN2O/c1-2-14(5-6-17-9-14)13(19)18-8-10-7-11(16)3-4-12(10)15/h3-4,7,17H,2,5-6,8-9H2,1H3,(H,18,19). The molecule has 0 aromatic heterocycles. The number of rotatable bonds is 4.